The maximum atomic E-state index is 11.7. The van der Waals surface area contributed by atoms with Gasteiger partial charge in [0.1, 0.15) is 0 Å². The van der Waals surface area contributed by atoms with Gasteiger partial charge in [-0.15, -0.1) is 0 Å². The smallest absolute Gasteiger partial charge is 0.178 e. The molecular weight excluding hydrogens is 206 g/mol. The summed E-state index contributed by atoms with van der Waals surface area (Å²) < 4.78 is 3.92. The van der Waals surface area contributed by atoms with Crippen molar-refractivity contribution in [1.82, 2.24) is 4.37 Å². The van der Waals surface area contributed by atoms with E-state index < -0.39 is 0 Å². The van der Waals surface area contributed by atoms with Gasteiger partial charge in [-0.3, -0.25) is 4.79 Å². The van der Waals surface area contributed by atoms with E-state index in [-0.39, 0.29) is 5.78 Å². The van der Waals surface area contributed by atoms with Crippen molar-refractivity contribution in [2.45, 2.75) is 13.3 Å². The third-order valence-electron chi connectivity index (χ3n) is 2.20. The second kappa shape index (κ2) is 4.36. The molecule has 1 heterocycles. The van der Waals surface area contributed by atoms with Gasteiger partial charge in [-0.05, 0) is 30.1 Å². The highest BCUT2D eigenvalue weighted by Gasteiger charge is 2.08. The Balaban J connectivity index is 2.09. The van der Waals surface area contributed by atoms with Crippen LogP contribution >= 0.6 is 11.5 Å². The molecule has 0 fully saturated rings. The van der Waals surface area contributed by atoms with Gasteiger partial charge in [-0.25, -0.2) is 4.37 Å². The number of carbonyl (C=O) groups excluding carboxylic acids is 1. The zero-order chi connectivity index (χ0) is 10.7. The average Bonchev–Trinajstić information content (AvgIpc) is 2.74. The Bertz CT molecular complexity index is 445. The Labute approximate surface area is 92.7 Å². The van der Waals surface area contributed by atoms with Crippen LogP contribution in [0.2, 0.25) is 0 Å². The van der Waals surface area contributed by atoms with Gasteiger partial charge >= 0.3 is 0 Å². The van der Waals surface area contributed by atoms with Crippen LogP contribution in [0.4, 0.5) is 0 Å². The number of aromatic nitrogens is 1. The standard InChI is InChI=1S/C12H11NOS/c1-9-2-4-10(5-3-9)8-11(14)12-6-7-13-15-12/h2-7H,8H2,1H3. The highest BCUT2D eigenvalue weighted by Crippen LogP contribution is 2.11. The summed E-state index contributed by atoms with van der Waals surface area (Å²) in [5.74, 6) is 0.140. The summed E-state index contributed by atoms with van der Waals surface area (Å²) in [6, 6.07) is 9.80. The topological polar surface area (TPSA) is 30.0 Å². The van der Waals surface area contributed by atoms with Gasteiger partial charge in [0, 0.05) is 12.6 Å². The number of rotatable bonds is 3. The summed E-state index contributed by atoms with van der Waals surface area (Å²) in [6.45, 7) is 2.04. The lowest BCUT2D eigenvalue weighted by Crippen LogP contribution is -2.00. The van der Waals surface area contributed by atoms with Crippen molar-refractivity contribution in [2.24, 2.45) is 0 Å². The van der Waals surface area contributed by atoms with Crippen molar-refractivity contribution < 1.29 is 4.79 Å². The molecule has 0 aliphatic rings. The van der Waals surface area contributed by atoms with E-state index in [1.54, 1.807) is 12.3 Å². The van der Waals surface area contributed by atoms with Gasteiger partial charge < -0.3 is 0 Å². The van der Waals surface area contributed by atoms with Crippen LogP contribution in [0.5, 0.6) is 0 Å². The molecule has 0 radical (unpaired) electrons. The molecule has 0 saturated carbocycles. The molecule has 2 nitrogen and oxygen atoms in total. The van der Waals surface area contributed by atoms with E-state index in [4.69, 9.17) is 0 Å². The molecule has 76 valence electrons. The van der Waals surface area contributed by atoms with Crippen molar-refractivity contribution in [3.05, 3.63) is 52.5 Å². The molecule has 0 amide bonds. The maximum Gasteiger partial charge on any atom is 0.178 e. The Morgan fingerprint density at radius 1 is 1.27 bits per heavy atom. The number of aryl methyl sites for hydroxylation is 1. The van der Waals surface area contributed by atoms with Gasteiger partial charge in [0.2, 0.25) is 0 Å². The number of benzene rings is 1. The molecule has 0 spiro atoms. The van der Waals surface area contributed by atoms with Gasteiger partial charge in [0.25, 0.3) is 0 Å². The highest BCUT2D eigenvalue weighted by atomic mass is 32.1. The first-order valence-electron chi connectivity index (χ1n) is 4.75. The van der Waals surface area contributed by atoms with Gasteiger partial charge in [-0.1, -0.05) is 29.8 Å². The number of ketones is 1. The molecule has 0 aliphatic carbocycles. The normalized spacial score (nSPS) is 10.2. The molecule has 1 aromatic carbocycles. The van der Waals surface area contributed by atoms with E-state index in [0.717, 1.165) is 10.4 Å². The lowest BCUT2D eigenvalue weighted by molar-refractivity contribution is 0.0997. The van der Waals surface area contributed by atoms with E-state index in [0.29, 0.717) is 6.42 Å². The van der Waals surface area contributed by atoms with Gasteiger partial charge in [0.05, 0.1) is 4.88 Å². The van der Waals surface area contributed by atoms with Crippen molar-refractivity contribution in [3.63, 3.8) is 0 Å². The molecule has 1 aromatic heterocycles. The lowest BCUT2D eigenvalue weighted by Gasteiger charge is -1.99. The zero-order valence-corrected chi connectivity index (χ0v) is 9.25. The van der Waals surface area contributed by atoms with Crippen molar-refractivity contribution in [2.75, 3.05) is 0 Å². The minimum absolute atomic E-state index is 0.140. The molecule has 0 atom stereocenters. The summed E-state index contributed by atoms with van der Waals surface area (Å²) in [4.78, 5) is 12.5. The molecule has 2 aromatic rings. The second-order valence-electron chi connectivity index (χ2n) is 3.46. The van der Waals surface area contributed by atoms with Crippen molar-refractivity contribution in [1.29, 1.82) is 0 Å². The Hall–Kier alpha value is -1.48. The molecule has 0 aliphatic heterocycles. The van der Waals surface area contributed by atoms with Crippen LogP contribution in [0.1, 0.15) is 20.8 Å². The minimum Gasteiger partial charge on any atom is -0.293 e. The van der Waals surface area contributed by atoms with Gasteiger partial charge in [-0.2, -0.15) is 0 Å². The SMILES string of the molecule is Cc1ccc(CC(=O)c2ccns2)cc1. The number of nitrogens with zero attached hydrogens (tertiary/aromatic N) is 1. The first-order chi connectivity index (χ1) is 7.25. The fourth-order valence-electron chi connectivity index (χ4n) is 1.34. The largest absolute Gasteiger partial charge is 0.293 e. The maximum absolute atomic E-state index is 11.7. The monoisotopic (exact) mass is 217 g/mol. The van der Waals surface area contributed by atoms with Crippen LogP contribution in [0, 0.1) is 6.92 Å². The Morgan fingerprint density at radius 3 is 2.60 bits per heavy atom. The second-order valence-corrected chi connectivity index (χ2v) is 4.30. The minimum atomic E-state index is 0.140. The first kappa shape index (κ1) is 10.1. The zero-order valence-electron chi connectivity index (χ0n) is 8.43. The molecular formula is C12H11NOS. The van der Waals surface area contributed by atoms with Crippen LogP contribution in [-0.4, -0.2) is 10.2 Å². The molecule has 2 rings (SSSR count). The molecule has 3 heteroatoms. The summed E-state index contributed by atoms with van der Waals surface area (Å²) in [5, 5.41) is 0. The Morgan fingerprint density at radius 2 is 2.00 bits per heavy atom. The summed E-state index contributed by atoms with van der Waals surface area (Å²) >= 11 is 1.25. The fourth-order valence-corrected chi connectivity index (χ4v) is 1.87. The third-order valence-corrected chi connectivity index (χ3v) is 2.99. The molecule has 0 saturated heterocycles. The molecule has 15 heavy (non-hydrogen) atoms. The van der Waals surface area contributed by atoms with Crippen LogP contribution in [-0.2, 0) is 6.42 Å². The van der Waals surface area contributed by atoms with Crippen LogP contribution in [0.3, 0.4) is 0 Å². The van der Waals surface area contributed by atoms with E-state index in [1.807, 2.05) is 31.2 Å². The van der Waals surface area contributed by atoms with Crippen LogP contribution in [0.25, 0.3) is 0 Å². The predicted octanol–water partition coefficient (Wildman–Crippen LogP) is 2.88. The van der Waals surface area contributed by atoms with E-state index in [1.165, 1.54) is 17.1 Å². The predicted molar refractivity (Wildman–Crippen MR) is 61.3 cm³/mol. The third kappa shape index (κ3) is 2.50. The van der Waals surface area contributed by atoms with Crippen LogP contribution in [0.15, 0.2) is 36.5 Å². The molecule has 0 unspecified atom stereocenters. The fraction of sp³-hybridized carbons (Fsp3) is 0.167. The van der Waals surface area contributed by atoms with Gasteiger partial charge in [0.15, 0.2) is 5.78 Å². The van der Waals surface area contributed by atoms with E-state index >= 15 is 0 Å². The number of hydrogen-bond acceptors (Lipinski definition) is 3. The molecule has 0 bridgehead atoms. The van der Waals surface area contributed by atoms with Crippen molar-refractivity contribution >= 4 is 17.3 Å². The summed E-state index contributed by atoms with van der Waals surface area (Å²) in [5.41, 5.74) is 2.27. The van der Waals surface area contributed by atoms with E-state index in [9.17, 15) is 4.79 Å². The lowest BCUT2D eigenvalue weighted by atomic mass is 10.1. The molecule has 0 N–H and O–H groups in total. The average molecular weight is 217 g/mol. The number of carbonyl (C=O) groups is 1. The summed E-state index contributed by atoms with van der Waals surface area (Å²) in [7, 11) is 0. The number of Topliss-reactive ketones (excluding diaryl/α,β-unsaturated/α-hetero) is 1. The van der Waals surface area contributed by atoms with Crippen LogP contribution < -0.4 is 0 Å². The quantitative estimate of drug-likeness (QED) is 0.740. The van der Waals surface area contributed by atoms with E-state index in [2.05, 4.69) is 4.37 Å². The summed E-state index contributed by atoms with van der Waals surface area (Å²) in [6.07, 6.45) is 2.12. The Kier molecular flexibility index (Phi) is 2.92. The van der Waals surface area contributed by atoms with Crippen molar-refractivity contribution in [3.8, 4) is 0 Å². The first-order valence-corrected chi connectivity index (χ1v) is 5.52. The highest BCUT2D eigenvalue weighted by molar-refractivity contribution is 7.08. The number of hydrogen-bond donors (Lipinski definition) is 0.